The van der Waals surface area contributed by atoms with Crippen LogP contribution in [0.3, 0.4) is 0 Å². The molecule has 0 fully saturated rings. The zero-order valence-corrected chi connectivity index (χ0v) is 11.6. The Balaban J connectivity index is 2.41. The van der Waals surface area contributed by atoms with Crippen LogP contribution in [-0.4, -0.2) is 30.7 Å². The second kappa shape index (κ2) is 6.29. The van der Waals surface area contributed by atoms with E-state index in [0.29, 0.717) is 0 Å². The summed E-state index contributed by atoms with van der Waals surface area (Å²) >= 11 is 0. The predicted octanol–water partition coefficient (Wildman–Crippen LogP) is 2.22. The Labute approximate surface area is 113 Å². The second-order valence-electron chi connectivity index (χ2n) is 4.36. The number of para-hydroxylation sites is 1. The first-order valence-corrected chi connectivity index (χ1v) is 6.37. The number of benzene rings is 1. The molecule has 2 rings (SSSR count). The molecule has 1 heterocycles. The summed E-state index contributed by atoms with van der Waals surface area (Å²) in [6, 6.07) is 9.89. The Hall–Kier alpha value is -1.94. The summed E-state index contributed by atoms with van der Waals surface area (Å²) in [5.74, 6) is 1.69. The highest BCUT2D eigenvalue weighted by Gasteiger charge is 2.09. The first-order valence-electron chi connectivity index (χ1n) is 6.37. The normalized spacial score (nSPS) is 10.5. The molecule has 19 heavy (non-hydrogen) atoms. The number of hydrogen-bond donors (Lipinski definition) is 1. The van der Waals surface area contributed by atoms with Crippen LogP contribution in [0, 0.1) is 6.92 Å². The minimum atomic E-state index is 0.820. The molecule has 1 aromatic heterocycles. The highest BCUT2D eigenvalue weighted by molar-refractivity contribution is 5.67. The minimum Gasteiger partial charge on any atom is -0.496 e. The van der Waals surface area contributed by atoms with E-state index in [0.717, 1.165) is 41.5 Å². The van der Waals surface area contributed by atoms with Gasteiger partial charge in [0.1, 0.15) is 11.6 Å². The summed E-state index contributed by atoms with van der Waals surface area (Å²) in [5.41, 5.74) is 2.89. The van der Waals surface area contributed by atoms with E-state index in [2.05, 4.69) is 15.3 Å². The molecule has 0 radical (unpaired) electrons. The molecular formula is C15H19N3O. The van der Waals surface area contributed by atoms with Gasteiger partial charge in [-0.1, -0.05) is 12.1 Å². The van der Waals surface area contributed by atoms with Crippen molar-refractivity contribution in [2.75, 3.05) is 20.7 Å². The largest absolute Gasteiger partial charge is 0.496 e. The lowest BCUT2D eigenvalue weighted by molar-refractivity contribution is 0.416. The van der Waals surface area contributed by atoms with Gasteiger partial charge >= 0.3 is 0 Å². The number of ether oxygens (including phenoxy) is 1. The molecule has 0 aliphatic heterocycles. The van der Waals surface area contributed by atoms with E-state index in [-0.39, 0.29) is 0 Å². The van der Waals surface area contributed by atoms with E-state index in [1.807, 2.05) is 44.3 Å². The number of hydrogen-bond acceptors (Lipinski definition) is 4. The monoisotopic (exact) mass is 257 g/mol. The Morgan fingerprint density at radius 2 is 2.00 bits per heavy atom. The lowest BCUT2D eigenvalue weighted by Crippen LogP contribution is -2.13. The SMILES string of the molecule is CNCCc1nc(C)cc(-c2ccccc2OC)n1. The van der Waals surface area contributed by atoms with Gasteiger partial charge in [0.05, 0.1) is 12.8 Å². The van der Waals surface area contributed by atoms with Crippen LogP contribution in [-0.2, 0) is 6.42 Å². The molecule has 0 aliphatic rings. The fraction of sp³-hybridized carbons (Fsp3) is 0.333. The van der Waals surface area contributed by atoms with E-state index >= 15 is 0 Å². The van der Waals surface area contributed by atoms with Crippen molar-refractivity contribution in [1.82, 2.24) is 15.3 Å². The molecule has 0 aliphatic carbocycles. The topological polar surface area (TPSA) is 47.0 Å². The van der Waals surface area contributed by atoms with Gasteiger partial charge in [0.2, 0.25) is 0 Å². The zero-order chi connectivity index (χ0) is 13.7. The molecule has 0 spiro atoms. The van der Waals surface area contributed by atoms with Crippen molar-refractivity contribution in [1.29, 1.82) is 0 Å². The van der Waals surface area contributed by atoms with Crippen LogP contribution in [0.15, 0.2) is 30.3 Å². The summed E-state index contributed by atoms with van der Waals surface area (Å²) in [4.78, 5) is 9.08. The van der Waals surface area contributed by atoms with Crippen molar-refractivity contribution in [3.63, 3.8) is 0 Å². The smallest absolute Gasteiger partial charge is 0.130 e. The maximum absolute atomic E-state index is 5.39. The van der Waals surface area contributed by atoms with Crippen LogP contribution >= 0.6 is 0 Å². The number of likely N-dealkylation sites (N-methyl/N-ethyl adjacent to an activating group) is 1. The highest BCUT2D eigenvalue weighted by atomic mass is 16.5. The van der Waals surface area contributed by atoms with Gasteiger partial charge in [-0.05, 0) is 32.2 Å². The fourth-order valence-electron chi connectivity index (χ4n) is 1.97. The second-order valence-corrected chi connectivity index (χ2v) is 4.36. The molecule has 0 unspecified atom stereocenters. The van der Waals surface area contributed by atoms with Crippen molar-refractivity contribution >= 4 is 0 Å². The van der Waals surface area contributed by atoms with Crippen LogP contribution in [0.2, 0.25) is 0 Å². The molecule has 0 bridgehead atoms. The number of aromatic nitrogens is 2. The van der Waals surface area contributed by atoms with Gasteiger partial charge in [-0.15, -0.1) is 0 Å². The fourth-order valence-corrected chi connectivity index (χ4v) is 1.97. The minimum absolute atomic E-state index is 0.820. The van der Waals surface area contributed by atoms with E-state index in [9.17, 15) is 0 Å². The predicted molar refractivity (Wildman–Crippen MR) is 76.4 cm³/mol. The average Bonchev–Trinajstić information content (AvgIpc) is 2.44. The van der Waals surface area contributed by atoms with E-state index in [4.69, 9.17) is 4.74 Å². The van der Waals surface area contributed by atoms with Crippen LogP contribution in [0.1, 0.15) is 11.5 Å². The quantitative estimate of drug-likeness (QED) is 0.892. The summed E-state index contributed by atoms with van der Waals surface area (Å²) in [6.45, 7) is 2.86. The van der Waals surface area contributed by atoms with E-state index < -0.39 is 0 Å². The Morgan fingerprint density at radius 1 is 1.21 bits per heavy atom. The third-order valence-corrected chi connectivity index (χ3v) is 2.88. The summed E-state index contributed by atoms with van der Waals surface area (Å²) in [5, 5.41) is 3.11. The third kappa shape index (κ3) is 3.29. The molecule has 2 aromatic rings. The van der Waals surface area contributed by atoms with E-state index in [1.54, 1.807) is 7.11 Å². The van der Waals surface area contributed by atoms with Crippen molar-refractivity contribution in [2.24, 2.45) is 0 Å². The van der Waals surface area contributed by atoms with Gasteiger partial charge in [0, 0.05) is 24.2 Å². The van der Waals surface area contributed by atoms with Gasteiger partial charge in [-0.25, -0.2) is 9.97 Å². The molecule has 0 amide bonds. The summed E-state index contributed by atoms with van der Waals surface area (Å²) in [7, 11) is 3.60. The Morgan fingerprint density at radius 3 is 2.74 bits per heavy atom. The molecule has 1 aromatic carbocycles. The Bertz CT molecular complexity index is 555. The first kappa shape index (κ1) is 13.5. The van der Waals surface area contributed by atoms with Gasteiger partial charge in [0.25, 0.3) is 0 Å². The average molecular weight is 257 g/mol. The van der Waals surface area contributed by atoms with Gasteiger partial charge < -0.3 is 10.1 Å². The lowest BCUT2D eigenvalue weighted by atomic mass is 10.1. The maximum atomic E-state index is 5.39. The van der Waals surface area contributed by atoms with Gasteiger partial charge in [0.15, 0.2) is 0 Å². The molecule has 1 N–H and O–H groups in total. The number of rotatable bonds is 5. The molecule has 4 heteroatoms. The molecular weight excluding hydrogens is 238 g/mol. The van der Waals surface area contributed by atoms with Gasteiger partial charge in [-0.3, -0.25) is 0 Å². The molecule has 0 saturated heterocycles. The molecule has 100 valence electrons. The molecule has 4 nitrogen and oxygen atoms in total. The van der Waals surface area contributed by atoms with Crippen molar-refractivity contribution < 1.29 is 4.74 Å². The van der Waals surface area contributed by atoms with Crippen molar-refractivity contribution in [3.8, 4) is 17.0 Å². The molecule has 0 saturated carbocycles. The standard InChI is InChI=1S/C15H19N3O/c1-11-10-13(18-15(17-11)8-9-16-2)12-6-4-5-7-14(12)19-3/h4-7,10,16H,8-9H2,1-3H3. The van der Waals surface area contributed by atoms with Crippen molar-refractivity contribution in [2.45, 2.75) is 13.3 Å². The number of nitrogens with zero attached hydrogens (tertiary/aromatic N) is 2. The van der Waals surface area contributed by atoms with Gasteiger partial charge in [-0.2, -0.15) is 0 Å². The number of nitrogens with one attached hydrogen (secondary N) is 1. The van der Waals surface area contributed by atoms with Crippen LogP contribution in [0.4, 0.5) is 0 Å². The lowest BCUT2D eigenvalue weighted by Gasteiger charge is -2.09. The highest BCUT2D eigenvalue weighted by Crippen LogP contribution is 2.28. The van der Waals surface area contributed by atoms with Crippen molar-refractivity contribution in [3.05, 3.63) is 41.9 Å². The van der Waals surface area contributed by atoms with E-state index in [1.165, 1.54) is 0 Å². The third-order valence-electron chi connectivity index (χ3n) is 2.88. The summed E-state index contributed by atoms with van der Waals surface area (Å²) < 4.78 is 5.39. The maximum Gasteiger partial charge on any atom is 0.130 e. The van der Waals surface area contributed by atoms with Crippen LogP contribution in [0.5, 0.6) is 5.75 Å². The molecule has 0 atom stereocenters. The Kier molecular flexibility index (Phi) is 4.47. The first-order chi connectivity index (χ1) is 9.24. The number of methoxy groups -OCH3 is 1. The zero-order valence-electron chi connectivity index (χ0n) is 11.6. The summed E-state index contributed by atoms with van der Waals surface area (Å²) in [6.07, 6.45) is 0.820. The van der Waals surface area contributed by atoms with Crippen LogP contribution in [0.25, 0.3) is 11.3 Å². The number of aryl methyl sites for hydroxylation is 1. The van der Waals surface area contributed by atoms with Crippen LogP contribution < -0.4 is 10.1 Å².